The first kappa shape index (κ1) is 19.5. The summed E-state index contributed by atoms with van der Waals surface area (Å²) >= 11 is 12.9. The predicted octanol–water partition coefficient (Wildman–Crippen LogP) is 9.13. The van der Waals surface area contributed by atoms with Crippen LogP contribution in [0.4, 0.5) is 0 Å². The zero-order chi connectivity index (χ0) is 19.3. The Morgan fingerprint density at radius 1 is 0.393 bits per heavy atom. The Labute approximate surface area is 183 Å². The molecule has 4 rings (SSSR count). The van der Waals surface area contributed by atoms with Crippen LogP contribution in [-0.4, -0.2) is 0 Å². The monoisotopic (exact) mass is 438 g/mol. The maximum Gasteiger partial charge on any atom is 0.0484 e. The van der Waals surface area contributed by atoms with Crippen LogP contribution < -0.4 is 0 Å². The van der Waals surface area contributed by atoms with E-state index in [4.69, 9.17) is 23.2 Å². The van der Waals surface area contributed by atoms with Gasteiger partial charge in [-0.2, -0.15) is 0 Å². The molecule has 0 N–H and O–H groups in total. The minimum atomic E-state index is 0.761. The van der Waals surface area contributed by atoms with Crippen molar-refractivity contribution in [3.05, 3.63) is 107 Å². The molecule has 138 valence electrons. The standard InChI is InChI=1S/C24H16Cl2S2/c25-21-13-5-1-9-17(21)19-11-3-7-15-23(19)27-28-24-16-8-4-12-20(24)18-10-2-6-14-22(18)26/h1-16H. The molecule has 4 heteroatoms. The van der Waals surface area contributed by atoms with E-state index in [1.165, 1.54) is 9.79 Å². The van der Waals surface area contributed by atoms with Crippen molar-refractivity contribution in [2.75, 3.05) is 0 Å². The van der Waals surface area contributed by atoms with Crippen molar-refractivity contribution in [1.29, 1.82) is 0 Å². The van der Waals surface area contributed by atoms with E-state index in [-0.39, 0.29) is 0 Å². The van der Waals surface area contributed by atoms with E-state index in [0.717, 1.165) is 32.3 Å². The van der Waals surface area contributed by atoms with Crippen molar-refractivity contribution in [1.82, 2.24) is 0 Å². The van der Waals surface area contributed by atoms with Gasteiger partial charge in [0, 0.05) is 31.0 Å². The first-order valence-electron chi connectivity index (χ1n) is 8.76. The molecule has 0 aliphatic carbocycles. The second-order valence-electron chi connectivity index (χ2n) is 6.12. The van der Waals surface area contributed by atoms with Crippen LogP contribution in [0.5, 0.6) is 0 Å². The van der Waals surface area contributed by atoms with Crippen LogP contribution in [0.2, 0.25) is 10.0 Å². The van der Waals surface area contributed by atoms with Gasteiger partial charge in [0.2, 0.25) is 0 Å². The van der Waals surface area contributed by atoms with E-state index < -0.39 is 0 Å². The topological polar surface area (TPSA) is 0 Å². The average molecular weight is 439 g/mol. The van der Waals surface area contributed by atoms with Gasteiger partial charge >= 0.3 is 0 Å². The van der Waals surface area contributed by atoms with Gasteiger partial charge in [-0.25, -0.2) is 0 Å². The highest BCUT2D eigenvalue weighted by atomic mass is 35.5. The van der Waals surface area contributed by atoms with Crippen molar-refractivity contribution in [3.63, 3.8) is 0 Å². The Hall–Kier alpha value is -1.84. The lowest BCUT2D eigenvalue weighted by Gasteiger charge is -2.13. The molecule has 0 saturated heterocycles. The lowest BCUT2D eigenvalue weighted by atomic mass is 10.1. The summed E-state index contributed by atoms with van der Waals surface area (Å²) in [6.07, 6.45) is 0. The third kappa shape index (κ3) is 4.26. The highest BCUT2D eigenvalue weighted by molar-refractivity contribution is 8.76. The molecule has 0 heterocycles. The van der Waals surface area contributed by atoms with Gasteiger partial charge < -0.3 is 0 Å². The number of hydrogen-bond donors (Lipinski definition) is 0. The summed E-state index contributed by atoms with van der Waals surface area (Å²) in [5, 5.41) is 1.52. The van der Waals surface area contributed by atoms with Crippen LogP contribution in [0.1, 0.15) is 0 Å². The number of benzene rings is 4. The summed E-state index contributed by atoms with van der Waals surface area (Å²) in [5.74, 6) is 0. The van der Waals surface area contributed by atoms with Crippen molar-refractivity contribution in [3.8, 4) is 22.3 Å². The zero-order valence-corrected chi connectivity index (χ0v) is 18.0. The van der Waals surface area contributed by atoms with E-state index in [2.05, 4.69) is 48.5 Å². The molecule has 0 saturated carbocycles. The smallest absolute Gasteiger partial charge is 0.0484 e. The second kappa shape index (κ2) is 9.11. The second-order valence-corrected chi connectivity index (χ2v) is 9.15. The normalized spacial score (nSPS) is 10.8. The van der Waals surface area contributed by atoms with Gasteiger partial charge in [0.15, 0.2) is 0 Å². The van der Waals surface area contributed by atoms with E-state index in [1.54, 1.807) is 21.6 Å². The van der Waals surface area contributed by atoms with E-state index in [9.17, 15) is 0 Å². The quantitative estimate of drug-likeness (QED) is 0.284. The van der Waals surface area contributed by atoms with Gasteiger partial charge in [-0.3, -0.25) is 0 Å². The summed E-state index contributed by atoms with van der Waals surface area (Å²) < 4.78 is 0. The van der Waals surface area contributed by atoms with Gasteiger partial charge in [0.1, 0.15) is 0 Å². The number of rotatable bonds is 5. The first-order chi connectivity index (χ1) is 13.7. The van der Waals surface area contributed by atoms with Crippen molar-refractivity contribution >= 4 is 44.8 Å². The maximum atomic E-state index is 6.44. The van der Waals surface area contributed by atoms with E-state index >= 15 is 0 Å². The first-order valence-corrected chi connectivity index (χ1v) is 11.7. The van der Waals surface area contributed by atoms with Crippen LogP contribution in [0.25, 0.3) is 22.3 Å². The minimum absolute atomic E-state index is 0.761. The fraction of sp³-hybridized carbons (Fsp3) is 0. The Bertz CT molecular complexity index is 1020. The highest BCUT2D eigenvalue weighted by Crippen LogP contribution is 2.46. The predicted molar refractivity (Wildman–Crippen MR) is 125 cm³/mol. The minimum Gasteiger partial charge on any atom is -0.0837 e. The van der Waals surface area contributed by atoms with Crippen molar-refractivity contribution in [2.24, 2.45) is 0 Å². The van der Waals surface area contributed by atoms with Crippen LogP contribution in [0.3, 0.4) is 0 Å². The Morgan fingerprint density at radius 2 is 0.714 bits per heavy atom. The van der Waals surface area contributed by atoms with Crippen LogP contribution in [0.15, 0.2) is 107 Å². The molecule has 0 radical (unpaired) electrons. The van der Waals surface area contributed by atoms with Crippen LogP contribution in [0, 0.1) is 0 Å². The summed E-state index contributed by atoms with van der Waals surface area (Å²) in [5.41, 5.74) is 4.38. The SMILES string of the molecule is Clc1ccccc1-c1ccccc1SSc1ccccc1-c1ccccc1Cl. The van der Waals surface area contributed by atoms with Gasteiger partial charge in [-0.05, 0) is 35.4 Å². The van der Waals surface area contributed by atoms with Gasteiger partial charge in [-0.15, -0.1) is 0 Å². The molecule has 0 fully saturated rings. The molecule has 0 nitrogen and oxygen atoms in total. The average Bonchev–Trinajstić information content (AvgIpc) is 2.74. The molecule has 0 atom stereocenters. The molecular formula is C24H16Cl2S2. The number of hydrogen-bond acceptors (Lipinski definition) is 2. The Morgan fingerprint density at radius 3 is 1.11 bits per heavy atom. The summed E-state index contributed by atoms with van der Waals surface area (Å²) in [6, 6.07) is 32.6. The van der Waals surface area contributed by atoms with Crippen molar-refractivity contribution in [2.45, 2.75) is 9.79 Å². The highest BCUT2D eigenvalue weighted by Gasteiger charge is 2.12. The lowest BCUT2D eigenvalue weighted by Crippen LogP contribution is -1.84. The van der Waals surface area contributed by atoms with E-state index in [1.807, 2.05) is 48.5 Å². The maximum absolute atomic E-state index is 6.44. The zero-order valence-electron chi connectivity index (χ0n) is 14.8. The third-order valence-electron chi connectivity index (χ3n) is 4.32. The molecule has 0 aliphatic heterocycles. The molecule has 4 aromatic rings. The lowest BCUT2D eigenvalue weighted by molar-refractivity contribution is 1.44. The van der Waals surface area contributed by atoms with Crippen LogP contribution >= 0.6 is 44.8 Å². The van der Waals surface area contributed by atoms with E-state index in [0.29, 0.717) is 0 Å². The Balaban J connectivity index is 1.66. The molecule has 0 aromatic heterocycles. The fourth-order valence-electron chi connectivity index (χ4n) is 2.97. The third-order valence-corrected chi connectivity index (χ3v) is 7.46. The Kier molecular flexibility index (Phi) is 6.33. The number of halogens is 2. The van der Waals surface area contributed by atoms with Gasteiger partial charge in [0.05, 0.1) is 0 Å². The largest absolute Gasteiger partial charge is 0.0837 e. The molecule has 0 aliphatic rings. The molecule has 0 bridgehead atoms. The van der Waals surface area contributed by atoms with Gasteiger partial charge in [0.25, 0.3) is 0 Å². The summed E-state index contributed by atoms with van der Waals surface area (Å²) in [7, 11) is 3.47. The molecule has 0 amide bonds. The molecule has 0 unspecified atom stereocenters. The molecule has 0 spiro atoms. The van der Waals surface area contributed by atoms with Crippen molar-refractivity contribution < 1.29 is 0 Å². The van der Waals surface area contributed by atoms with Gasteiger partial charge in [-0.1, -0.05) is 118 Å². The van der Waals surface area contributed by atoms with Crippen LogP contribution in [-0.2, 0) is 0 Å². The fourth-order valence-corrected chi connectivity index (χ4v) is 5.84. The summed E-state index contributed by atoms with van der Waals surface area (Å²) in [4.78, 5) is 2.35. The molecular weight excluding hydrogens is 423 g/mol. The molecule has 4 aromatic carbocycles. The summed E-state index contributed by atoms with van der Waals surface area (Å²) in [6.45, 7) is 0. The molecule has 28 heavy (non-hydrogen) atoms.